The minimum absolute atomic E-state index is 0.171. The Morgan fingerprint density at radius 1 is 0.724 bits per heavy atom. The number of nitrogens with one attached hydrogen (secondary N) is 2. The summed E-state index contributed by atoms with van der Waals surface area (Å²) in [6, 6.07) is 17.5. The van der Waals surface area contributed by atoms with Crippen molar-refractivity contribution in [2.24, 2.45) is 0 Å². The van der Waals surface area contributed by atoms with Crippen molar-refractivity contribution in [1.29, 1.82) is 0 Å². The molecule has 2 N–H and O–H groups in total. The van der Waals surface area contributed by atoms with Crippen molar-refractivity contribution in [1.82, 2.24) is 0 Å². The Morgan fingerprint density at radius 2 is 1.34 bits per heavy atom. The molecule has 6 nitrogen and oxygen atoms in total. The summed E-state index contributed by atoms with van der Waals surface area (Å²) in [4.78, 5) is 25.2. The van der Waals surface area contributed by atoms with E-state index >= 15 is 0 Å². The fourth-order valence-corrected chi connectivity index (χ4v) is 3.00. The van der Waals surface area contributed by atoms with Gasteiger partial charge in [0.05, 0.1) is 0 Å². The smallest absolute Gasteiger partial charge is 0.255 e. The average Bonchev–Trinajstić information content (AvgIpc) is 3.18. The van der Waals surface area contributed by atoms with Crippen molar-refractivity contribution in [2.45, 2.75) is 13.8 Å². The second-order valence-electron chi connectivity index (χ2n) is 6.86. The topological polar surface area (TPSA) is 76.7 Å². The molecule has 0 atom stereocenters. The van der Waals surface area contributed by atoms with Gasteiger partial charge in [0.1, 0.15) is 0 Å². The number of carbonyl (C=O) groups excluding carboxylic acids is 2. The molecular weight excluding hydrogens is 368 g/mol. The van der Waals surface area contributed by atoms with Gasteiger partial charge in [0.2, 0.25) is 6.79 Å². The molecule has 2 amide bonds. The molecule has 29 heavy (non-hydrogen) atoms. The number of aryl methyl sites for hydroxylation is 2. The van der Waals surface area contributed by atoms with E-state index in [9.17, 15) is 9.59 Å². The zero-order valence-electron chi connectivity index (χ0n) is 16.1. The molecule has 0 aliphatic carbocycles. The van der Waals surface area contributed by atoms with Gasteiger partial charge in [-0.3, -0.25) is 9.59 Å². The Kier molecular flexibility index (Phi) is 4.91. The summed E-state index contributed by atoms with van der Waals surface area (Å²) in [5.41, 5.74) is 4.35. The molecule has 1 aliphatic heterocycles. The van der Waals surface area contributed by atoms with Gasteiger partial charge in [-0.2, -0.15) is 0 Å². The lowest BCUT2D eigenvalue weighted by molar-refractivity contribution is 0.102. The normalized spacial score (nSPS) is 11.8. The van der Waals surface area contributed by atoms with Gasteiger partial charge >= 0.3 is 0 Å². The van der Waals surface area contributed by atoms with Crippen LogP contribution in [0, 0.1) is 13.8 Å². The molecular formula is C23H20N2O4. The van der Waals surface area contributed by atoms with E-state index in [0.717, 1.165) is 11.1 Å². The van der Waals surface area contributed by atoms with Gasteiger partial charge in [-0.25, -0.2) is 0 Å². The van der Waals surface area contributed by atoms with Crippen LogP contribution in [0.4, 0.5) is 11.4 Å². The van der Waals surface area contributed by atoms with Crippen LogP contribution < -0.4 is 20.1 Å². The predicted molar refractivity (Wildman–Crippen MR) is 111 cm³/mol. The number of benzene rings is 3. The summed E-state index contributed by atoms with van der Waals surface area (Å²) in [5.74, 6) is 0.646. The van der Waals surface area contributed by atoms with Crippen LogP contribution in [0.1, 0.15) is 31.8 Å². The number of amides is 2. The first kappa shape index (κ1) is 18.6. The lowest BCUT2D eigenvalue weighted by Crippen LogP contribution is -2.15. The Morgan fingerprint density at radius 3 is 2.03 bits per heavy atom. The molecule has 0 saturated carbocycles. The Balaban J connectivity index is 1.48. The number of anilines is 2. The highest BCUT2D eigenvalue weighted by molar-refractivity contribution is 6.08. The largest absolute Gasteiger partial charge is 0.454 e. The number of hydrogen-bond donors (Lipinski definition) is 2. The molecule has 0 radical (unpaired) electrons. The highest BCUT2D eigenvalue weighted by Gasteiger charge is 2.15. The summed E-state index contributed by atoms with van der Waals surface area (Å²) in [7, 11) is 0. The first-order chi connectivity index (χ1) is 14.0. The number of hydrogen-bond acceptors (Lipinski definition) is 4. The predicted octanol–water partition coefficient (Wildman–Crippen LogP) is 4.54. The van der Waals surface area contributed by atoms with E-state index in [1.54, 1.807) is 42.5 Å². The molecule has 146 valence electrons. The van der Waals surface area contributed by atoms with Gasteiger partial charge < -0.3 is 20.1 Å². The summed E-state index contributed by atoms with van der Waals surface area (Å²) in [6.07, 6.45) is 0. The van der Waals surface area contributed by atoms with Crippen molar-refractivity contribution < 1.29 is 19.1 Å². The van der Waals surface area contributed by atoms with Crippen LogP contribution in [0.3, 0.4) is 0 Å². The van der Waals surface area contributed by atoms with Crippen LogP contribution in [0.5, 0.6) is 11.5 Å². The summed E-state index contributed by atoms with van der Waals surface area (Å²) < 4.78 is 10.6. The lowest BCUT2D eigenvalue weighted by atomic mass is 10.1. The highest BCUT2D eigenvalue weighted by Crippen LogP contribution is 2.34. The van der Waals surface area contributed by atoms with E-state index in [1.807, 2.05) is 32.0 Å². The van der Waals surface area contributed by atoms with Crippen LogP contribution in [0.15, 0.2) is 60.7 Å². The second kappa shape index (κ2) is 7.67. The van der Waals surface area contributed by atoms with Crippen LogP contribution >= 0.6 is 0 Å². The Bertz CT molecular complexity index is 1110. The summed E-state index contributed by atoms with van der Waals surface area (Å²) in [5, 5.41) is 5.68. The van der Waals surface area contributed by atoms with Crippen LogP contribution in [-0.2, 0) is 0 Å². The number of rotatable bonds is 4. The molecule has 0 aromatic heterocycles. The minimum atomic E-state index is -0.315. The van der Waals surface area contributed by atoms with Gasteiger partial charge in [0.25, 0.3) is 11.8 Å². The van der Waals surface area contributed by atoms with Crippen molar-refractivity contribution in [3.63, 3.8) is 0 Å². The molecule has 0 spiro atoms. The van der Waals surface area contributed by atoms with Crippen LogP contribution in [-0.4, -0.2) is 18.6 Å². The third-order valence-corrected chi connectivity index (χ3v) is 4.78. The molecule has 6 heteroatoms. The molecule has 3 aromatic rings. The standard InChI is InChI=1S/C23H20N2O4/c1-14-6-7-18(10-15(14)2)24-22(26)16-4-3-5-17(11-16)23(27)25-19-8-9-20-21(12-19)29-13-28-20/h3-12H,13H2,1-2H3,(H,24,26)(H,25,27). The van der Waals surface area contributed by atoms with Gasteiger partial charge in [-0.05, 0) is 67.4 Å². The monoisotopic (exact) mass is 388 g/mol. The van der Waals surface area contributed by atoms with Crippen LogP contribution in [0.25, 0.3) is 0 Å². The summed E-state index contributed by atoms with van der Waals surface area (Å²) in [6.45, 7) is 4.18. The van der Waals surface area contributed by atoms with Gasteiger partial charge in [0, 0.05) is 28.6 Å². The van der Waals surface area contributed by atoms with Crippen molar-refractivity contribution in [2.75, 3.05) is 17.4 Å². The van der Waals surface area contributed by atoms with E-state index in [2.05, 4.69) is 10.6 Å². The molecule has 1 aliphatic rings. The highest BCUT2D eigenvalue weighted by atomic mass is 16.7. The Hall–Kier alpha value is -3.80. The average molecular weight is 388 g/mol. The quantitative estimate of drug-likeness (QED) is 0.688. The SMILES string of the molecule is Cc1ccc(NC(=O)c2cccc(C(=O)Nc3ccc4c(c3)OCO4)c2)cc1C. The fraction of sp³-hybridized carbons (Fsp3) is 0.130. The molecule has 0 unspecified atom stereocenters. The maximum absolute atomic E-state index is 12.6. The molecule has 3 aromatic carbocycles. The van der Waals surface area contributed by atoms with Crippen molar-refractivity contribution in [3.8, 4) is 11.5 Å². The van der Waals surface area contributed by atoms with E-state index in [-0.39, 0.29) is 18.6 Å². The van der Waals surface area contributed by atoms with Crippen molar-refractivity contribution in [3.05, 3.63) is 82.9 Å². The first-order valence-electron chi connectivity index (χ1n) is 9.19. The molecule has 4 rings (SSSR count). The third kappa shape index (κ3) is 4.06. The van der Waals surface area contributed by atoms with E-state index in [4.69, 9.17) is 9.47 Å². The van der Waals surface area contributed by atoms with Gasteiger partial charge in [0.15, 0.2) is 11.5 Å². The number of ether oxygens (including phenoxy) is 2. The second-order valence-corrected chi connectivity index (χ2v) is 6.86. The third-order valence-electron chi connectivity index (χ3n) is 4.78. The van der Waals surface area contributed by atoms with Crippen molar-refractivity contribution >= 4 is 23.2 Å². The lowest BCUT2D eigenvalue weighted by Gasteiger charge is -2.10. The summed E-state index contributed by atoms with van der Waals surface area (Å²) >= 11 is 0. The van der Waals surface area contributed by atoms with E-state index in [0.29, 0.717) is 34.0 Å². The fourth-order valence-electron chi connectivity index (χ4n) is 3.00. The zero-order valence-corrected chi connectivity index (χ0v) is 16.1. The Labute approximate surface area is 168 Å². The first-order valence-corrected chi connectivity index (χ1v) is 9.19. The van der Waals surface area contributed by atoms with E-state index in [1.165, 1.54) is 0 Å². The zero-order chi connectivity index (χ0) is 20.4. The maximum Gasteiger partial charge on any atom is 0.255 e. The number of fused-ring (bicyclic) bond motifs is 1. The molecule has 0 bridgehead atoms. The van der Waals surface area contributed by atoms with Crippen LogP contribution in [0.2, 0.25) is 0 Å². The molecule has 1 heterocycles. The molecule has 0 saturated heterocycles. The van der Waals surface area contributed by atoms with Gasteiger partial charge in [-0.1, -0.05) is 12.1 Å². The van der Waals surface area contributed by atoms with E-state index < -0.39 is 0 Å². The minimum Gasteiger partial charge on any atom is -0.454 e. The molecule has 0 fully saturated rings. The maximum atomic E-state index is 12.6. The van der Waals surface area contributed by atoms with Gasteiger partial charge in [-0.15, -0.1) is 0 Å². The number of carbonyl (C=O) groups is 2.